The van der Waals surface area contributed by atoms with Crippen molar-refractivity contribution in [2.45, 2.75) is 11.4 Å². The van der Waals surface area contributed by atoms with E-state index in [1.165, 1.54) is 6.26 Å². The highest BCUT2D eigenvalue weighted by atomic mass is 32.2. The Balaban J connectivity index is 2.37. The van der Waals surface area contributed by atoms with E-state index in [2.05, 4.69) is 10.5 Å². The molecular formula is C12H14N2O3S. The van der Waals surface area contributed by atoms with E-state index >= 15 is 0 Å². The fourth-order valence-corrected chi connectivity index (χ4v) is 2.30. The average Bonchev–Trinajstić information content (AvgIpc) is 2.77. The third-order valence-corrected chi connectivity index (χ3v) is 3.68. The zero-order valence-corrected chi connectivity index (χ0v) is 11.0. The number of aromatic nitrogens is 1. The maximum atomic E-state index is 11.4. The highest BCUT2D eigenvalue weighted by Crippen LogP contribution is 2.24. The van der Waals surface area contributed by atoms with Crippen molar-refractivity contribution in [2.75, 3.05) is 13.3 Å². The molecule has 0 radical (unpaired) electrons. The van der Waals surface area contributed by atoms with Gasteiger partial charge in [-0.05, 0) is 31.3 Å². The first-order valence-electron chi connectivity index (χ1n) is 5.41. The molecule has 6 heteroatoms. The molecule has 0 atom stereocenters. The van der Waals surface area contributed by atoms with Crippen molar-refractivity contribution < 1.29 is 12.9 Å². The van der Waals surface area contributed by atoms with Crippen molar-refractivity contribution in [3.05, 3.63) is 36.0 Å². The van der Waals surface area contributed by atoms with Gasteiger partial charge in [-0.25, -0.2) is 8.42 Å². The fraction of sp³-hybridized carbons (Fsp3) is 0.250. The number of hydrogen-bond acceptors (Lipinski definition) is 5. The van der Waals surface area contributed by atoms with Gasteiger partial charge in [0.25, 0.3) is 0 Å². The minimum Gasteiger partial charge on any atom is -0.356 e. The quantitative estimate of drug-likeness (QED) is 0.907. The van der Waals surface area contributed by atoms with Gasteiger partial charge in [0.2, 0.25) is 0 Å². The average molecular weight is 266 g/mol. The van der Waals surface area contributed by atoms with Crippen LogP contribution in [0.3, 0.4) is 0 Å². The van der Waals surface area contributed by atoms with E-state index in [0.717, 1.165) is 11.1 Å². The molecule has 0 spiro atoms. The van der Waals surface area contributed by atoms with Crippen molar-refractivity contribution in [1.29, 1.82) is 0 Å². The summed E-state index contributed by atoms with van der Waals surface area (Å²) in [6.07, 6.45) is 2.83. The molecule has 0 bridgehead atoms. The summed E-state index contributed by atoms with van der Waals surface area (Å²) in [5, 5.41) is 6.78. The van der Waals surface area contributed by atoms with Crippen LogP contribution in [0.25, 0.3) is 11.3 Å². The van der Waals surface area contributed by atoms with Crippen LogP contribution < -0.4 is 5.32 Å². The van der Waals surface area contributed by atoms with E-state index < -0.39 is 9.84 Å². The molecule has 1 aromatic heterocycles. The molecule has 0 aliphatic rings. The van der Waals surface area contributed by atoms with E-state index in [0.29, 0.717) is 17.2 Å². The normalized spacial score (nSPS) is 11.7. The second-order valence-corrected chi connectivity index (χ2v) is 6.02. The lowest BCUT2D eigenvalue weighted by Gasteiger charge is -2.02. The predicted octanol–water partition coefficient (Wildman–Crippen LogP) is 1.46. The molecule has 0 unspecified atom stereocenters. The Hall–Kier alpha value is -1.66. The molecule has 96 valence electrons. The van der Waals surface area contributed by atoms with Crippen LogP contribution in [0.1, 0.15) is 5.56 Å². The van der Waals surface area contributed by atoms with Crippen LogP contribution in [0.2, 0.25) is 0 Å². The summed E-state index contributed by atoms with van der Waals surface area (Å²) >= 11 is 0. The van der Waals surface area contributed by atoms with Crippen LogP contribution in [-0.2, 0) is 16.4 Å². The van der Waals surface area contributed by atoms with Crippen LogP contribution in [0.4, 0.5) is 0 Å². The Morgan fingerprint density at radius 3 is 2.50 bits per heavy atom. The summed E-state index contributed by atoms with van der Waals surface area (Å²) in [4.78, 5) is 0.293. The first-order chi connectivity index (χ1) is 8.52. The van der Waals surface area contributed by atoms with Gasteiger partial charge >= 0.3 is 0 Å². The summed E-state index contributed by atoms with van der Waals surface area (Å²) in [5.74, 6) is 0.657. The summed E-state index contributed by atoms with van der Waals surface area (Å²) in [6.45, 7) is 0.645. The Morgan fingerprint density at radius 1 is 1.28 bits per heavy atom. The van der Waals surface area contributed by atoms with Gasteiger partial charge in [0.1, 0.15) is 0 Å². The van der Waals surface area contributed by atoms with Gasteiger partial charge in [-0.1, -0.05) is 5.16 Å². The molecule has 18 heavy (non-hydrogen) atoms. The van der Waals surface area contributed by atoms with Crippen molar-refractivity contribution in [3.8, 4) is 11.3 Å². The lowest BCUT2D eigenvalue weighted by atomic mass is 10.1. The van der Waals surface area contributed by atoms with E-state index in [4.69, 9.17) is 4.52 Å². The first kappa shape index (κ1) is 12.8. The Morgan fingerprint density at radius 2 is 1.94 bits per heavy atom. The third kappa shape index (κ3) is 2.60. The fourth-order valence-electron chi connectivity index (χ4n) is 1.67. The molecule has 0 aliphatic carbocycles. The van der Waals surface area contributed by atoms with E-state index in [-0.39, 0.29) is 0 Å². The minimum atomic E-state index is -3.17. The topological polar surface area (TPSA) is 72.2 Å². The summed E-state index contributed by atoms with van der Waals surface area (Å²) in [5.41, 5.74) is 1.75. The molecule has 2 rings (SSSR count). The zero-order valence-electron chi connectivity index (χ0n) is 10.2. The monoisotopic (exact) mass is 266 g/mol. The second kappa shape index (κ2) is 4.91. The molecule has 0 amide bonds. The summed E-state index contributed by atoms with van der Waals surface area (Å²) in [7, 11) is -1.33. The van der Waals surface area contributed by atoms with Crippen molar-refractivity contribution in [1.82, 2.24) is 10.5 Å². The molecular weight excluding hydrogens is 252 g/mol. The lowest BCUT2D eigenvalue weighted by Crippen LogP contribution is -2.04. The number of benzene rings is 1. The third-order valence-electron chi connectivity index (χ3n) is 2.56. The maximum Gasteiger partial charge on any atom is 0.175 e. The Kier molecular flexibility index (Phi) is 3.49. The molecule has 1 heterocycles. The van der Waals surface area contributed by atoms with Crippen molar-refractivity contribution >= 4 is 9.84 Å². The number of sulfone groups is 1. The molecule has 2 aromatic rings. The highest BCUT2D eigenvalue weighted by Gasteiger charge is 2.12. The van der Waals surface area contributed by atoms with Crippen molar-refractivity contribution in [3.63, 3.8) is 0 Å². The largest absolute Gasteiger partial charge is 0.356 e. The molecule has 0 aliphatic heterocycles. The zero-order chi connectivity index (χ0) is 13.2. The number of hydrogen-bond donors (Lipinski definition) is 1. The van der Waals surface area contributed by atoms with Crippen LogP contribution in [0.5, 0.6) is 0 Å². The highest BCUT2D eigenvalue weighted by molar-refractivity contribution is 7.90. The summed E-state index contributed by atoms with van der Waals surface area (Å²) in [6, 6.07) is 6.57. The molecule has 1 N–H and O–H groups in total. The van der Waals surface area contributed by atoms with Gasteiger partial charge in [0.15, 0.2) is 15.6 Å². The molecule has 0 saturated carbocycles. The predicted molar refractivity (Wildman–Crippen MR) is 67.8 cm³/mol. The van der Waals surface area contributed by atoms with E-state index in [9.17, 15) is 8.42 Å². The van der Waals surface area contributed by atoms with Gasteiger partial charge in [-0.2, -0.15) is 0 Å². The van der Waals surface area contributed by atoms with E-state index in [1.54, 1.807) is 30.5 Å². The van der Waals surface area contributed by atoms with Gasteiger partial charge in [-0.15, -0.1) is 0 Å². The SMILES string of the molecule is CNCc1cnoc1-c1ccc(S(C)(=O)=O)cc1. The van der Waals surface area contributed by atoms with Crippen LogP contribution in [-0.4, -0.2) is 26.9 Å². The number of nitrogens with one attached hydrogen (secondary N) is 1. The Labute approximate surface area is 106 Å². The lowest BCUT2D eigenvalue weighted by molar-refractivity contribution is 0.431. The second-order valence-electron chi connectivity index (χ2n) is 4.01. The standard InChI is InChI=1S/C12H14N2O3S/c1-13-7-10-8-14-17-12(10)9-3-5-11(6-4-9)18(2,15)16/h3-6,8,13H,7H2,1-2H3. The molecule has 5 nitrogen and oxygen atoms in total. The van der Waals surface area contributed by atoms with Crippen LogP contribution in [0.15, 0.2) is 39.9 Å². The number of rotatable bonds is 4. The van der Waals surface area contributed by atoms with Gasteiger partial charge in [0, 0.05) is 23.9 Å². The van der Waals surface area contributed by atoms with E-state index in [1.807, 2.05) is 7.05 Å². The molecule has 0 saturated heterocycles. The van der Waals surface area contributed by atoms with Crippen LogP contribution >= 0.6 is 0 Å². The summed E-state index contributed by atoms with van der Waals surface area (Å²) < 4.78 is 27.9. The smallest absolute Gasteiger partial charge is 0.175 e. The van der Waals surface area contributed by atoms with Gasteiger partial charge in [-0.3, -0.25) is 0 Å². The Bertz CT molecular complexity index is 630. The maximum absolute atomic E-state index is 11.4. The molecule has 1 aromatic carbocycles. The van der Waals surface area contributed by atoms with Crippen molar-refractivity contribution in [2.24, 2.45) is 0 Å². The number of nitrogens with zero attached hydrogens (tertiary/aromatic N) is 1. The van der Waals surface area contributed by atoms with Crippen LogP contribution in [0, 0.1) is 0 Å². The first-order valence-corrected chi connectivity index (χ1v) is 7.30. The van der Waals surface area contributed by atoms with Gasteiger partial charge in [0.05, 0.1) is 11.1 Å². The minimum absolute atomic E-state index is 0.293. The van der Waals surface area contributed by atoms with Gasteiger partial charge < -0.3 is 9.84 Å². The molecule has 0 fully saturated rings.